The molecule has 0 spiro atoms. The molecule has 0 bridgehead atoms. The molecule has 8 heteroatoms. The summed E-state index contributed by atoms with van der Waals surface area (Å²) in [7, 11) is 0. The van der Waals surface area contributed by atoms with Gasteiger partial charge in [0.2, 0.25) is 0 Å². The molecule has 0 saturated carbocycles. The number of hydrogen-bond acceptors (Lipinski definition) is 8. The van der Waals surface area contributed by atoms with Gasteiger partial charge in [0.25, 0.3) is 0 Å². The van der Waals surface area contributed by atoms with Gasteiger partial charge in [-0.1, -0.05) is 90.4 Å². The molecule has 3 atom stereocenters. The van der Waals surface area contributed by atoms with Crippen molar-refractivity contribution in [2.75, 3.05) is 6.61 Å². The molecule has 0 heterocycles. The van der Waals surface area contributed by atoms with Crippen molar-refractivity contribution in [3.8, 4) is 0 Å². The van der Waals surface area contributed by atoms with E-state index in [4.69, 9.17) is 18.9 Å². The fourth-order valence-corrected chi connectivity index (χ4v) is 4.23. The van der Waals surface area contributed by atoms with Gasteiger partial charge in [-0.3, -0.25) is 19.2 Å². The molecular weight excluding hydrogens is 464 g/mol. The maximum atomic E-state index is 11.8. The highest BCUT2D eigenvalue weighted by Gasteiger charge is 2.37. The van der Waals surface area contributed by atoms with Crippen LogP contribution in [-0.2, 0) is 38.1 Å². The van der Waals surface area contributed by atoms with Crippen molar-refractivity contribution in [3.63, 3.8) is 0 Å². The Morgan fingerprint density at radius 3 is 1.28 bits per heavy atom. The van der Waals surface area contributed by atoms with Crippen LogP contribution in [0.4, 0.5) is 0 Å². The second kappa shape index (κ2) is 22.1. The highest BCUT2D eigenvalue weighted by Crippen LogP contribution is 2.21. The molecule has 36 heavy (non-hydrogen) atoms. The number of carbonyl (C=O) groups excluding carboxylic acids is 4. The van der Waals surface area contributed by atoms with Crippen LogP contribution in [0.1, 0.15) is 131 Å². The highest BCUT2D eigenvalue weighted by atomic mass is 16.6. The van der Waals surface area contributed by atoms with Crippen molar-refractivity contribution in [2.24, 2.45) is 0 Å². The van der Waals surface area contributed by atoms with Crippen LogP contribution in [0, 0.1) is 0 Å². The SMILES string of the molecule is CCCCCCCCCCCCCCCC[C@@H](OC(C)=O)[C@H](OC(C)=O)[C@H](COC(C)=O)OC(C)=O. The topological polar surface area (TPSA) is 105 Å². The largest absolute Gasteiger partial charge is 0.462 e. The molecule has 0 amide bonds. The lowest BCUT2D eigenvalue weighted by Gasteiger charge is -2.31. The number of carbonyl (C=O) groups is 4. The summed E-state index contributed by atoms with van der Waals surface area (Å²) in [6.45, 7) is 6.87. The minimum Gasteiger partial charge on any atom is -0.462 e. The Balaban J connectivity index is 4.56. The molecular formula is C28H50O8. The average molecular weight is 515 g/mol. The van der Waals surface area contributed by atoms with E-state index < -0.39 is 42.2 Å². The third-order valence-corrected chi connectivity index (χ3v) is 5.96. The standard InChI is InChI=1S/C28H50O8/c1-6-7-8-9-10-11-12-13-14-15-16-17-18-19-20-26(34-23(3)30)28(36-25(5)32)27(35-24(4)31)21-33-22(2)29/h26-28H,6-21H2,1-5H3/t26-,27+,28+/m1/s1. The van der Waals surface area contributed by atoms with Crippen molar-refractivity contribution >= 4 is 23.9 Å². The first-order valence-electron chi connectivity index (χ1n) is 13.8. The Morgan fingerprint density at radius 1 is 0.500 bits per heavy atom. The fourth-order valence-electron chi connectivity index (χ4n) is 4.23. The normalized spacial score (nSPS) is 13.4. The van der Waals surface area contributed by atoms with E-state index in [1.54, 1.807) is 0 Å². The van der Waals surface area contributed by atoms with Crippen molar-refractivity contribution in [1.82, 2.24) is 0 Å². The van der Waals surface area contributed by atoms with Gasteiger partial charge in [0.05, 0.1) is 0 Å². The molecule has 0 aromatic carbocycles. The van der Waals surface area contributed by atoms with Crippen LogP contribution < -0.4 is 0 Å². The molecule has 0 aliphatic rings. The lowest BCUT2D eigenvalue weighted by Crippen LogP contribution is -2.47. The maximum Gasteiger partial charge on any atom is 0.303 e. The molecule has 0 fully saturated rings. The number of esters is 4. The third-order valence-electron chi connectivity index (χ3n) is 5.96. The van der Waals surface area contributed by atoms with Gasteiger partial charge in [-0.05, 0) is 12.8 Å². The van der Waals surface area contributed by atoms with Gasteiger partial charge in [-0.15, -0.1) is 0 Å². The van der Waals surface area contributed by atoms with Gasteiger partial charge in [-0.2, -0.15) is 0 Å². The van der Waals surface area contributed by atoms with E-state index in [0.29, 0.717) is 6.42 Å². The smallest absolute Gasteiger partial charge is 0.303 e. The van der Waals surface area contributed by atoms with Crippen LogP contribution in [0.15, 0.2) is 0 Å². The molecule has 0 saturated heterocycles. The minimum absolute atomic E-state index is 0.302. The van der Waals surface area contributed by atoms with Crippen LogP contribution in [0.5, 0.6) is 0 Å². The van der Waals surface area contributed by atoms with Crippen LogP contribution in [0.3, 0.4) is 0 Å². The molecule has 0 aromatic heterocycles. The lowest BCUT2D eigenvalue weighted by molar-refractivity contribution is -0.189. The van der Waals surface area contributed by atoms with Gasteiger partial charge in [0.1, 0.15) is 12.7 Å². The molecule has 0 aliphatic heterocycles. The van der Waals surface area contributed by atoms with E-state index >= 15 is 0 Å². The summed E-state index contributed by atoms with van der Waals surface area (Å²) in [5.74, 6) is -2.33. The summed E-state index contributed by atoms with van der Waals surface area (Å²) >= 11 is 0. The molecule has 0 rings (SSSR count). The van der Waals surface area contributed by atoms with E-state index in [1.165, 1.54) is 91.9 Å². The predicted octanol–water partition coefficient (Wildman–Crippen LogP) is 6.22. The van der Waals surface area contributed by atoms with Crippen molar-refractivity contribution < 1.29 is 38.1 Å². The molecule has 0 aromatic rings. The first kappa shape index (κ1) is 33.9. The number of hydrogen-bond donors (Lipinski definition) is 0. The molecule has 0 aliphatic carbocycles. The van der Waals surface area contributed by atoms with E-state index in [0.717, 1.165) is 25.7 Å². The van der Waals surface area contributed by atoms with Gasteiger partial charge in [-0.25, -0.2) is 0 Å². The molecule has 8 nitrogen and oxygen atoms in total. The van der Waals surface area contributed by atoms with E-state index in [2.05, 4.69) is 6.92 Å². The Kier molecular flexibility index (Phi) is 20.8. The maximum absolute atomic E-state index is 11.8. The van der Waals surface area contributed by atoms with Gasteiger partial charge in [0, 0.05) is 27.7 Å². The van der Waals surface area contributed by atoms with E-state index in [-0.39, 0.29) is 6.61 Å². The van der Waals surface area contributed by atoms with Gasteiger partial charge in [0.15, 0.2) is 12.2 Å². The summed E-state index contributed by atoms with van der Waals surface area (Å²) in [5, 5.41) is 0. The zero-order valence-electron chi connectivity index (χ0n) is 23.3. The van der Waals surface area contributed by atoms with E-state index in [9.17, 15) is 19.2 Å². The average Bonchev–Trinajstić information content (AvgIpc) is 2.79. The van der Waals surface area contributed by atoms with Gasteiger partial charge < -0.3 is 18.9 Å². The number of ether oxygens (including phenoxy) is 4. The Labute approximate surface area is 218 Å². The lowest BCUT2D eigenvalue weighted by atomic mass is 10.00. The van der Waals surface area contributed by atoms with Crippen molar-refractivity contribution in [2.45, 2.75) is 149 Å². The second-order valence-electron chi connectivity index (χ2n) is 9.56. The van der Waals surface area contributed by atoms with Crippen LogP contribution >= 0.6 is 0 Å². The van der Waals surface area contributed by atoms with Gasteiger partial charge >= 0.3 is 23.9 Å². The third kappa shape index (κ3) is 20.1. The van der Waals surface area contributed by atoms with Crippen LogP contribution in [-0.4, -0.2) is 48.8 Å². The molecule has 210 valence electrons. The Hall–Kier alpha value is -2.12. The van der Waals surface area contributed by atoms with Crippen molar-refractivity contribution in [1.29, 1.82) is 0 Å². The van der Waals surface area contributed by atoms with Crippen LogP contribution in [0.25, 0.3) is 0 Å². The first-order valence-corrected chi connectivity index (χ1v) is 13.8. The highest BCUT2D eigenvalue weighted by molar-refractivity contribution is 5.68. The van der Waals surface area contributed by atoms with E-state index in [1.807, 2.05) is 0 Å². The zero-order chi connectivity index (χ0) is 27.2. The Morgan fingerprint density at radius 2 is 0.889 bits per heavy atom. The van der Waals surface area contributed by atoms with Crippen molar-refractivity contribution in [3.05, 3.63) is 0 Å². The predicted molar refractivity (Wildman–Crippen MR) is 138 cm³/mol. The fraction of sp³-hybridized carbons (Fsp3) is 0.857. The summed E-state index contributed by atoms with van der Waals surface area (Å²) in [5.41, 5.74) is 0. The van der Waals surface area contributed by atoms with Crippen LogP contribution in [0.2, 0.25) is 0 Å². The summed E-state index contributed by atoms with van der Waals surface area (Å²) in [6, 6.07) is 0. The Bertz CT molecular complexity index is 619. The minimum atomic E-state index is -1.08. The quantitative estimate of drug-likeness (QED) is 0.0953. The monoisotopic (exact) mass is 514 g/mol. The summed E-state index contributed by atoms with van der Waals surface area (Å²) < 4.78 is 21.1. The summed E-state index contributed by atoms with van der Waals surface area (Å²) in [4.78, 5) is 46.4. The first-order chi connectivity index (χ1) is 17.2. The zero-order valence-corrected chi connectivity index (χ0v) is 23.3. The summed E-state index contributed by atoms with van der Waals surface area (Å²) in [6.07, 6.45) is 14.6. The molecule has 0 unspecified atom stereocenters. The second-order valence-corrected chi connectivity index (χ2v) is 9.56. The molecule has 0 radical (unpaired) electrons. The number of unbranched alkanes of at least 4 members (excludes halogenated alkanes) is 13. The molecule has 0 N–H and O–H groups in total. The number of rotatable bonds is 22.